The maximum absolute atomic E-state index is 9.99. The Morgan fingerprint density at radius 1 is 1.19 bits per heavy atom. The van der Waals surface area contributed by atoms with Gasteiger partial charge in [-0.3, -0.25) is 5.32 Å². The highest BCUT2D eigenvalue weighted by Crippen LogP contribution is 2.19. The summed E-state index contributed by atoms with van der Waals surface area (Å²) >= 11 is 0. The zero-order chi connectivity index (χ0) is 18.4. The van der Waals surface area contributed by atoms with E-state index in [1.807, 2.05) is 4.68 Å². The van der Waals surface area contributed by atoms with Crippen LogP contribution in [0.1, 0.15) is 19.8 Å². The van der Waals surface area contributed by atoms with E-state index in [4.69, 9.17) is 0 Å². The molecule has 2 aromatic heterocycles. The minimum absolute atomic E-state index is 0.594. The zero-order valence-electron chi connectivity index (χ0n) is 15.7. The SMILES string of the molecule is CCCNC(O)Nc1ncnc2c1cnn2CCCN1CCN(C)CC1. The number of aromatic nitrogens is 4. The number of hydrogen-bond donors (Lipinski definition) is 3. The van der Waals surface area contributed by atoms with Gasteiger partial charge in [0, 0.05) is 39.3 Å². The fourth-order valence-electron chi connectivity index (χ4n) is 3.15. The van der Waals surface area contributed by atoms with E-state index in [1.165, 1.54) is 6.33 Å². The van der Waals surface area contributed by atoms with Gasteiger partial charge in [0.25, 0.3) is 0 Å². The van der Waals surface area contributed by atoms with Crippen molar-refractivity contribution in [2.24, 2.45) is 0 Å². The van der Waals surface area contributed by atoms with Crippen LogP contribution in [0.4, 0.5) is 5.82 Å². The Kier molecular flexibility index (Phi) is 6.73. The van der Waals surface area contributed by atoms with Crippen LogP contribution in [0.25, 0.3) is 11.0 Å². The van der Waals surface area contributed by atoms with Gasteiger partial charge in [0.2, 0.25) is 0 Å². The number of aliphatic hydroxyl groups is 1. The molecule has 0 aliphatic carbocycles. The summed E-state index contributed by atoms with van der Waals surface area (Å²) in [6.07, 6.45) is 4.42. The number of nitrogens with zero attached hydrogens (tertiary/aromatic N) is 6. The standard InChI is InChI=1S/C17H30N8O/c1-3-5-18-17(26)22-15-14-12-21-25(16(14)20-13-19-15)7-4-6-24-10-8-23(2)9-11-24/h12-13,17-18,26H,3-11H2,1-2H3,(H,19,20,22). The van der Waals surface area contributed by atoms with Crippen LogP contribution in [0.5, 0.6) is 0 Å². The van der Waals surface area contributed by atoms with Crippen molar-refractivity contribution in [1.29, 1.82) is 0 Å². The number of likely N-dealkylation sites (N-methyl/N-ethyl adjacent to an activating group) is 1. The summed E-state index contributed by atoms with van der Waals surface area (Å²) in [5.41, 5.74) is 0.795. The number of aryl methyl sites for hydroxylation is 1. The topological polar surface area (TPSA) is 94.4 Å². The Bertz CT molecular complexity index is 682. The molecule has 0 aromatic carbocycles. The lowest BCUT2D eigenvalue weighted by Crippen LogP contribution is -2.44. The van der Waals surface area contributed by atoms with Crippen LogP contribution in [-0.4, -0.2) is 87.3 Å². The van der Waals surface area contributed by atoms with Crippen molar-refractivity contribution in [3.63, 3.8) is 0 Å². The minimum atomic E-state index is -0.839. The predicted molar refractivity (Wildman–Crippen MR) is 102 cm³/mol. The van der Waals surface area contributed by atoms with Gasteiger partial charge >= 0.3 is 0 Å². The number of piperazine rings is 1. The molecule has 0 radical (unpaired) electrons. The van der Waals surface area contributed by atoms with Gasteiger partial charge in [-0.15, -0.1) is 0 Å². The lowest BCUT2D eigenvalue weighted by Gasteiger charge is -2.32. The van der Waals surface area contributed by atoms with Crippen LogP contribution in [0, 0.1) is 0 Å². The summed E-state index contributed by atoms with van der Waals surface area (Å²) in [6, 6.07) is 0. The van der Waals surface area contributed by atoms with E-state index in [-0.39, 0.29) is 0 Å². The molecular formula is C17H30N8O. The first-order chi connectivity index (χ1) is 12.7. The van der Waals surface area contributed by atoms with Crippen LogP contribution in [-0.2, 0) is 6.54 Å². The zero-order valence-corrected chi connectivity index (χ0v) is 15.7. The molecule has 3 heterocycles. The number of nitrogens with one attached hydrogen (secondary N) is 2. The fourth-order valence-corrected chi connectivity index (χ4v) is 3.15. The van der Waals surface area contributed by atoms with E-state index in [0.717, 1.165) is 69.7 Å². The summed E-state index contributed by atoms with van der Waals surface area (Å²) < 4.78 is 1.92. The van der Waals surface area contributed by atoms with E-state index >= 15 is 0 Å². The average molecular weight is 362 g/mol. The molecule has 9 nitrogen and oxygen atoms in total. The molecule has 2 aromatic rings. The highest BCUT2D eigenvalue weighted by molar-refractivity contribution is 5.86. The van der Waals surface area contributed by atoms with Gasteiger partial charge in [0.1, 0.15) is 12.1 Å². The van der Waals surface area contributed by atoms with E-state index in [1.54, 1.807) is 6.20 Å². The summed E-state index contributed by atoms with van der Waals surface area (Å²) in [4.78, 5) is 13.5. The number of rotatable bonds is 9. The largest absolute Gasteiger partial charge is 0.361 e. The first-order valence-corrected chi connectivity index (χ1v) is 9.42. The van der Waals surface area contributed by atoms with Gasteiger partial charge in [0.05, 0.1) is 11.6 Å². The molecule has 1 atom stereocenters. The van der Waals surface area contributed by atoms with Crippen molar-refractivity contribution in [2.45, 2.75) is 32.7 Å². The fraction of sp³-hybridized carbons (Fsp3) is 0.706. The molecule has 0 saturated carbocycles. The summed E-state index contributed by atoms with van der Waals surface area (Å²) in [6.45, 7) is 9.23. The Morgan fingerprint density at radius 2 is 2.00 bits per heavy atom. The Labute approximate surface area is 154 Å². The second kappa shape index (κ2) is 9.22. The Morgan fingerprint density at radius 3 is 2.77 bits per heavy atom. The summed E-state index contributed by atoms with van der Waals surface area (Å²) in [5, 5.41) is 21.2. The van der Waals surface area contributed by atoms with Gasteiger partial charge < -0.3 is 20.2 Å². The smallest absolute Gasteiger partial charge is 0.182 e. The molecule has 0 amide bonds. The highest BCUT2D eigenvalue weighted by atomic mass is 16.3. The van der Waals surface area contributed by atoms with Crippen LogP contribution in [0.2, 0.25) is 0 Å². The van der Waals surface area contributed by atoms with Gasteiger partial charge in [0.15, 0.2) is 12.0 Å². The van der Waals surface area contributed by atoms with Crippen molar-refractivity contribution in [3.8, 4) is 0 Å². The third kappa shape index (κ3) is 4.88. The maximum atomic E-state index is 9.99. The first-order valence-electron chi connectivity index (χ1n) is 9.42. The minimum Gasteiger partial charge on any atom is -0.361 e. The molecular weight excluding hydrogens is 332 g/mol. The quantitative estimate of drug-likeness (QED) is 0.543. The number of anilines is 1. The van der Waals surface area contributed by atoms with Crippen molar-refractivity contribution >= 4 is 16.9 Å². The van der Waals surface area contributed by atoms with Crippen LogP contribution >= 0.6 is 0 Å². The second-order valence-corrected chi connectivity index (χ2v) is 6.83. The molecule has 3 rings (SSSR count). The lowest BCUT2D eigenvalue weighted by molar-refractivity contribution is 0.151. The van der Waals surface area contributed by atoms with E-state index in [9.17, 15) is 5.11 Å². The summed E-state index contributed by atoms with van der Waals surface area (Å²) in [7, 11) is 2.17. The normalized spacial score (nSPS) is 17.7. The van der Waals surface area contributed by atoms with Crippen molar-refractivity contribution in [1.82, 2.24) is 34.9 Å². The first kappa shape index (κ1) is 19.0. The molecule has 9 heteroatoms. The predicted octanol–water partition coefficient (Wildman–Crippen LogP) is 0.151. The van der Waals surface area contributed by atoms with Crippen molar-refractivity contribution < 1.29 is 5.11 Å². The number of fused-ring (bicyclic) bond motifs is 1. The van der Waals surface area contributed by atoms with Gasteiger partial charge in [-0.1, -0.05) is 6.92 Å². The van der Waals surface area contributed by atoms with Crippen molar-refractivity contribution in [3.05, 3.63) is 12.5 Å². The molecule has 1 unspecified atom stereocenters. The third-order valence-electron chi connectivity index (χ3n) is 4.73. The second-order valence-electron chi connectivity index (χ2n) is 6.83. The van der Waals surface area contributed by atoms with Crippen LogP contribution < -0.4 is 10.6 Å². The number of hydrogen-bond acceptors (Lipinski definition) is 8. The van der Waals surface area contributed by atoms with E-state index in [2.05, 4.69) is 49.5 Å². The maximum Gasteiger partial charge on any atom is 0.182 e. The van der Waals surface area contributed by atoms with Crippen LogP contribution in [0.15, 0.2) is 12.5 Å². The van der Waals surface area contributed by atoms with Gasteiger partial charge in [-0.05, 0) is 26.4 Å². The third-order valence-corrected chi connectivity index (χ3v) is 4.73. The molecule has 26 heavy (non-hydrogen) atoms. The van der Waals surface area contributed by atoms with E-state index < -0.39 is 6.35 Å². The Balaban J connectivity index is 1.57. The monoisotopic (exact) mass is 362 g/mol. The molecule has 1 saturated heterocycles. The molecule has 1 aliphatic heterocycles. The van der Waals surface area contributed by atoms with Gasteiger partial charge in [-0.25, -0.2) is 14.6 Å². The molecule has 144 valence electrons. The molecule has 3 N–H and O–H groups in total. The van der Waals surface area contributed by atoms with Crippen molar-refractivity contribution in [2.75, 3.05) is 51.6 Å². The highest BCUT2D eigenvalue weighted by Gasteiger charge is 2.15. The molecule has 1 aliphatic rings. The summed E-state index contributed by atoms with van der Waals surface area (Å²) in [5.74, 6) is 0.594. The number of aliphatic hydroxyl groups excluding tert-OH is 1. The average Bonchev–Trinajstić information content (AvgIpc) is 3.06. The van der Waals surface area contributed by atoms with Gasteiger partial charge in [-0.2, -0.15) is 5.10 Å². The molecule has 0 spiro atoms. The Hall–Kier alpha value is -1.81. The van der Waals surface area contributed by atoms with E-state index in [0.29, 0.717) is 5.82 Å². The van der Waals surface area contributed by atoms with Crippen LogP contribution in [0.3, 0.4) is 0 Å². The lowest BCUT2D eigenvalue weighted by atomic mass is 10.3. The molecule has 0 bridgehead atoms. The molecule has 1 fully saturated rings.